The standard InChI is InChI=1S/C13H19N5/c1-2-3-4-7-14-11-13-17-16-12(10-5-6-10)18(13)9-8-15-11/h8-10H,2-7H2,1H3,(H,14,15). The summed E-state index contributed by atoms with van der Waals surface area (Å²) in [7, 11) is 0. The molecule has 1 N–H and O–H groups in total. The van der Waals surface area contributed by atoms with Crippen molar-refractivity contribution in [3.63, 3.8) is 0 Å². The highest BCUT2D eigenvalue weighted by Crippen LogP contribution is 2.39. The number of anilines is 1. The molecule has 0 spiro atoms. The van der Waals surface area contributed by atoms with Crippen LogP contribution in [0.3, 0.4) is 0 Å². The van der Waals surface area contributed by atoms with Gasteiger partial charge in [-0.05, 0) is 19.3 Å². The number of hydrogen-bond acceptors (Lipinski definition) is 4. The molecule has 2 aromatic heterocycles. The second-order valence-corrected chi connectivity index (χ2v) is 4.94. The molecular formula is C13H19N5. The lowest BCUT2D eigenvalue weighted by molar-refractivity contribution is 0.742. The second kappa shape index (κ2) is 4.92. The summed E-state index contributed by atoms with van der Waals surface area (Å²) in [6.07, 6.45) is 9.91. The fourth-order valence-corrected chi connectivity index (χ4v) is 2.17. The van der Waals surface area contributed by atoms with E-state index in [0.717, 1.165) is 23.8 Å². The molecule has 5 nitrogen and oxygen atoms in total. The Bertz CT molecular complexity index is 529. The van der Waals surface area contributed by atoms with Crippen molar-refractivity contribution in [3.8, 4) is 0 Å². The van der Waals surface area contributed by atoms with Crippen molar-refractivity contribution in [2.24, 2.45) is 0 Å². The van der Waals surface area contributed by atoms with Gasteiger partial charge in [-0.3, -0.25) is 4.40 Å². The third kappa shape index (κ3) is 2.17. The number of nitrogens with one attached hydrogen (secondary N) is 1. The van der Waals surface area contributed by atoms with Crippen LogP contribution >= 0.6 is 0 Å². The molecule has 0 radical (unpaired) electrons. The van der Waals surface area contributed by atoms with Crippen molar-refractivity contribution >= 4 is 11.5 Å². The smallest absolute Gasteiger partial charge is 0.203 e. The molecule has 0 amide bonds. The highest BCUT2D eigenvalue weighted by atomic mass is 15.3. The number of unbranched alkanes of at least 4 members (excludes halogenated alkanes) is 2. The number of fused-ring (bicyclic) bond motifs is 1. The van der Waals surface area contributed by atoms with Crippen LogP contribution in [0.25, 0.3) is 5.65 Å². The van der Waals surface area contributed by atoms with Gasteiger partial charge in [0, 0.05) is 24.9 Å². The van der Waals surface area contributed by atoms with Crippen molar-refractivity contribution in [3.05, 3.63) is 18.2 Å². The van der Waals surface area contributed by atoms with E-state index >= 15 is 0 Å². The van der Waals surface area contributed by atoms with Gasteiger partial charge in [-0.25, -0.2) is 4.98 Å². The van der Waals surface area contributed by atoms with Crippen molar-refractivity contribution in [2.75, 3.05) is 11.9 Å². The molecule has 2 heterocycles. The summed E-state index contributed by atoms with van der Waals surface area (Å²) in [4.78, 5) is 4.36. The average Bonchev–Trinajstić information content (AvgIpc) is 3.14. The zero-order valence-corrected chi connectivity index (χ0v) is 10.8. The molecule has 2 aromatic rings. The molecule has 3 rings (SSSR count). The quantitative estimate of drug-likeness (QED) is 0.795. The van der Waals surface area contributed by atoms with Crippen LogP contribution in [0, 0.1) is 0 Å². The molecule has 5 heteroatoms. The lowest BCUT2D eigenvalue weighted by Gasteiger charge is -2.05. The van der Waals surface area contributed by atoms with Gasteiger partial charge in [-0.15, -0.1) is 10.2 Å². The molecule has 0 saturated heterocycles. The first-order valence-corrected chi connectivity index (χ1v) is 6.83. The highest BCUT2D eigenvalue weighted by molar-refractivity contribution is 5.62. The number of rotatable bonds is 6. The average molecular weight is 245 g/mol. The Hall–Kier alpha value is -1.65. The fourth-order valence-electron chi connectivity index (χ4n) is 2.17. The maximum Gasteiger partial charge on any atom is 0.203 e. The third-order valence-electron chi connectivity index (χ3n) is 3.37. The van der Waals surface area contributed by atoms with E-state index in [0.29, 0.717) is 5.92 Å². The van der Waals surface area contributed by atoms with Gasteiger partial charge in [0.1, 0.15) is 5.82 Å². The first-order chi connectivity index (χ1) is 8.90. The maximum atomic E-state index is 4.36. The summed E-state index contributed by atoms with van der Waals surface area (Å²) < 4.78 is 2.08. The first kappa shape index (κ1) is 11.4. The molecular weight excluding hydrogens is 226 g/mol. The number of hydrogen-bond donors (Lipinski definition) is 1. The SMILES string of the molecule is CCCCCNc1nccn2c(C3CC3)nnc12. The molecule has 1 fully saturated rings. The van der Waals surface area contributed by atoms with Crippen LogP contribution in [0.5, 0.6) is 0 Å². The van der Waals surface area contributed by atoms with Crippen LogP contribution in [-0.2, 0) is 0 Å². The molecule has 18 heavy (non-hydrogen) atoms. The summed E-state index contributed by atoms with van der Waals surface area (Å²) in [5.74, 6) is 2.55. The lowest BCUT2D eigenvalue weighted by Crippen LogP contribution is -2.05. The zero-order chi connectivity index (χ0) is 12.4. The topological polar surface area (TPSA) is 55.1 Å². The van der Waals surface area contributed by atoms with E-state index in [-0.39, 0.29) is 0 Å². The van der Waals surface area contributed by atoms with Crippen LogP contribution in [-0.4, -0.2) is 26.1 Å². The Labute approximate surface area is 107 Å². The van der Waals surface area contributed by atoms with Crippen LogP contribution in [0.2, 0.25) is 0 Å². The van der Waals surface area contributed by atoms with Crippen molar-refractivity contribution in [1.82, 2.24) is 19.6 Å². The molecule has 0 atom stereocenters. The Morgan fingerprint density at radius 2 is 2.22 bits per heavy atom. The molecule has 0 unspecified atom stereocenters. The van der Waals surface area contributed by atoms with E-state index in [9.17, 15) is 0 Å². The van der Waals surface area contributed by atoms with E-state index in [1.807, 2.05) is 12.4 Å². The van der Waals surface area contributed by atoms with Gasteiger partial charge in [0.25, 0.3) is 0 Å². The third-order valence-corrected chi connectivity index (χ3v) is 3.37. The Balaban J connectivity index is 1.79. The largest absolute Gasteiger partial charge is 0.367 e. The van der Waals surface area contributed by atoms with Crippen LogP contribution in [0.4, 0.5) is 5.82 Å². The normalized spacial score (nSPS) is 15.2. The van der Waals surface area contributed by atoms with E-state index in [2.05, 4.69) is 31.8 Å². The molecule has 1 aliphatic carbocycles. The summed E-state index contributed by atoms with van der Waals surface area (Å²) in [6, 6.07) is 0. The van der Waals surface area contributed by atoms with Gasteiger partial charge in [0.2, 0.25) is 5.65 Å². The van der Waals surface area contributed by atoms with Gasteiger partial charge in [-0.1, -0.05) is 19.8 Å². The predicted octanol–water partition coefficient (Wildman–Crippen LogP) is 2.60. The molecule has 0 aromatic carbocycles. The fraction of sp³-hybridized carbons (Fsp3) is 0.615. The summed E-state index contributed by atoms with van der Waals surface area (Å²) in [5, 5.41) is 11.9. The van der Waals surface area contributed by atoms with E-state index < -0.39 is 0 Å². The first-order valence-electron chi connectivity index (χ1n) is 6.83. The Morgan fingerprint density at radius 1 is 1.33 bits per heavy atom. The Morgan fingerprint density at radius 3 is 3.00 bits per heavy atom. The van der Waals surface area contributed by atoms with Gasteiger partial charge in [0.05, 0.1) is 0 Å². The highest BCUT2D eigenvalue weighted by Gasteiger charge is 2.29. The summed E-state index contributed by atoms with van der Waals surface area (Å²) in [6.45, 7) is 3.16. The minimum atomic E-state index is 0.607. The van der Waals surface area contributed by atoms with E-state index in [1.54, 1.807) is 0 Å². The maximum absolute atomic E-state index is 4.36. The van der Waals surface area contributed by atoms with Crippen LogP contribution in [0.1, 0.15) is 50.8 Å². The molecule has 0 bridgehead atoms. The minimum absolute atomic E-state index is 0.607. The monoisotopic (exact) mass is 245 g/mol. The molecule has 0 aliphatic heterocycles. The Kier molecular flexibility index (Phi) is 3.13. The minimum Gasteiger partial charge on any atom is -0.367 e. The van der Waals surface area contributed by atoms with Gasteiger partial charge >= 0.3 is 0 Å². The summed E-state index contributed by atoms with van der Waals surface area (Å²) in [5.41, 5.74) is 0.857. The molecule has 1 saturated carbocycles. The van der Waals surface area contributed by atoms with Crippen molar-refractivity contribution in [2.45, 2.75) is 44.9 Å². The number of nitrogens with zero attached hydrogens (tertiary/aromatic N) is 4. The zero-order valence-electron chi connectivity index (χ0n) is 10.8. The van der Waals surface area contributed by atoms with Crippen LogP contribution < -0.4 is 5.32 Å². The van der Waals surface area contributed by atoms with Crippen LogP contribution in [0.15, 0.2) is 12.4 Å². The van der Waals surface area contributed by atoms with E-state index in [4.69, 9.17) is 0 Å². The van der Waals surface area contributed by atoms with E-state index in [1.165, 1.54) is 32.1 Å². The lowest BCUT2D eigenvalue weighted by atomic mass is 10.2. The van der Waals surface area contributed by atoms with Gasteiger partial charge < -0.3 is 5.32 Å². The molecule has 1 aliphatic rings. The number of aromatic nitrogens is 4. The van der Waals surface area contributed by atoms with Crippen molar-refractivity contribution in [1.29, 1.82) is 0 Å². The summed E-state index contributed by atoms with van der Waals surface area (Å²) >= 11 is 0. The van der Waals surface area contributed by atoms with Gasteiger partial charge in [-0.2, -0.15) is 0 Å². The van der Waals surface area contributed by atoms with Crippen molar-refractivity contribution < 1.29 is 0 Å². The second-order valence-electron chi connectivity index (χ2n) is 4.94. The van der Waals surface area contributed by atoms with Gasteiger partial charge in [0.15, 0.2) is 5.82 Å². The predicted molar refractivity (Wildman–Crippen MR) is 70.8 cm³/mol. The molecule has 96 valence electrons.